The molecule has 0 aliphatic heterocycles. The first-order chi connectivity index (χ1) is 8.93. The van der Waals surface area contributed by atoms with Crippen LogP contribution in [0.5, 0.6) is 0 Å². The Morgan fingerprint density at radius 2 is 1.79 bits per heavy atom. The molecule has 2 N–H and O–H groups in total. The Kier molecular flexibility index (Phi) is 6.44. The Bertz CT molecular complexity index is 468. The molecule has 0 aromatic heterocycles. The molecule has 1 aromatic carbocycles. The Labute approximate surface area is 114 Å². The molecule has 0 fully saturated rings. The van der Waals surface area contributed by atoms with Crippen LogP contribution in [0, 0.1) is 0 Å². The minimum absolute atomic E-state index is 0.0438. The summed E-state index contributed by atoms with van der Waals surface area (Å²) in [5.74, 6) is -0.0691. The lowest BCUT2D eigenvalue weighted by atomic mass is 10.2. The number of nitrogens with one attached hydrogen (secondary N) is 1. The average Bonchev–Trinajstić information content (AvgIpc) is 2.35. The van der Waals surface area contributed by atoms with Gasteiger partial charge in [-0.25, -0.2) is 13.1 Å². The average molecular weight is 287 g/mol. The van der Waals surface area contributed by atoms with Gasteiger partial charge in [0.05, 0.1) is 25.1 Å². The number of rotatable bonds is 8. The molecule has 5 nitrogen and oxygen atoms in total. The van der Waals surface area contributed by atoms with Crippen molar-refractivity contribution in [2.75, 3.05) is 13.2 Å². The van der Waals surface area contributed by atoms with Crippen molar-refractivity contribution in [3.8, 4) is 0 Å². The lowest BCUT2D eigenvalue weighted by Crippen LogP contribution is -2.29. The van der Waals surface area contributed by atoms with E-state index in [1.54, 1.807) is 24.3 Å². The van der Waals surface area contributed by atoms with Gasteiger partial charge in [-0.3, -0.25) is 0 Å². The van der Waals surface area contributed by atoms with E-state index in [1.807, 2.05) is 13.8 Å². The normalized spacial score (nSPS) is 12.0. The molecule has 0 aliphatic rings. The number of sulfonamides is 1. The predicted octanol–water partition coefficient (Wildman–Crippen LogP) is 1.02. The molecule has 19 heavy (non-hydrogen) atoms. The van der Waals surface area contributed by atoms with Crippen molar-refractivity contribution in [1.29, 1.82) is 0 Å². The minimum atomic E-state index is -3.34. The van der Waals surface area contributed by atoms with Crippen LogP contribution in [-0.2, 0) is 27.1 Å². The maximum atomic E-state index is 11.8. The van der Waals surface area contributed by atoms with Crippen molar-refractivity contribution in [1.82, 2.24) is 4.72 Å². The quantitative estimate of drug-likeness (QED) is 0.700. The van der Waals surface area contributed by atoms with Crippen LogP contribution in [0.3, 0.4) is 0 Å². The Hall–Kier alpha value is -0.950. The fraction of sp³-hybridized carbons (Fsp3) is 0.538. The fourth-order valence-electron chi connectivity index (χ4n) is 1.50. The summed E-state index contributed by atoms with van der Waals surface area (Å²) in [4.78, 5) is 0. The maximum absolute atomic E-state index is 11.8. The van der Waals surface area contributed by atoms with Crippen LogP contribution in [0.25, 0.3) is 0 Å². The van der Waals surface area contributed by atoms with Crippen LogP contribution in [0.4, 0.5) is 0 Å². The van der Waals surface area contributed by atoms with Crippen molar-refractivity contribution in [3.05, 3.63) is 35.4 Å². The minimum Gasteiger partial charge on any atom is -0.392 e. The first kappa shape index (κ1) is 16.1. The number of hydrogen-bond acceptors (Lipinski definition) is 4. The van der Waals surface area contributed by atoms with Gasteiger partial charge in [-0.2, -0.15) is 0 Å². The van der Waals surface area contributed by atoms with E-state index in [0.717, 1.165) is 5.56 Å². The SMILES string of the molecule is CC(C)OCCNS(=O)(=O)Cc1ccc(CO)cc1. The highest BCUT2D eigenvalue weighted by molar-refractivity contribution is 7.88. The second-order valence-electron chi connectivity index (χ2n) is 4.55. The summed E-state index contributed by atoms with van der Waals surface area (Å²) in [7, 11) is -3.34. The Balaban J connectivity index is 2.44. The van der Waals surface area contributed by atoms with Gasteiger partial charge in [0, 0.05) is 6.54 Å². The van der Waals surface area contributed by atoms with Crippen molar-refractivity contribution in [2.24, 2.45) is 0 Å². The van der Waals surface area contributed by atoms with E-state index in [4.69, 9.17) is 9.84 Å². The molecule has 0 bridgehead atoms. The van der Waals surface area contributed by atoms with Crippen LogP contribution in [-0.4, -0.2) is 32.8 Å². The van der Waals surface area contributed by atoms with Crippen LogP contribution < -0.4 is 4.72 Å². The van der Waals surface area contributed by atoms with Crippen molar-refractivity contribution in [2.45, 2.75) is 32.3 Å². The van der Waals surface area contributed by atoms with E-state index in [-0.39, 0.29) is 25.0 Å². The molecular weight excluding hydrogens is 266 g/mol. The number of benzene rings is 1. The molecular formula is C13H21NO4S. The van der Waals surface area contributed by atoms with Crippen molar-refractivity contribution in [3.63, 3.8) is 0 Å². The van der Waals surface area contributed by atoms with Gasteiger partial charge in [-0.05, 0) is 25.0 Å². The van der Waals surface area contributed by atoms with E-state index in [1.165, 1.54) is 0 Å². The zero-order valence-electron chi connectivity index (χ0n) is 11.3. The molecule has 1 aromatic rings. The van der Waals surface area contributed by atoms with Gasteiger partial charge in [0.25, 0.3) is 0 Å². The van der Waals surface area contributed by atoms with Gasteiger partial charge in [0.15, 0.2) is 0 Å². The van der Waals surface area contributed by atoms with Gasteiger partial charge in [-0.15, -0.1) is 0 Å². The maximum Gasteiger partial charge on any atom is 0.215 e. The third kappa shape index (κ3) is 6.68. The third-order valence-electron chi connectivity index (χ3n) is 2.44. The Morgan fingerprint density at radius 1 is 1.21 bits per heavy atom. The highest BCUT2D eigenvalue weighted by Crippen LogP contribution is 2.07. The first-order valence-electron chi connectivity index (χ1n) is 6.20. The van der Waals surface area contributed by atoms with Crippen LogP contribution in [0.15, 0.2) is 24.3 Å². The summed E-state index contributed by atoms with van der Waals surface area (Å²) in [6.07, 6.45) is 0.0931. The number of aliphatic hydroxyl groups excluding tert-OH is 1. The molecule has 0 saturated carbocycles. The molecule has 0 heterocycles. The molecule has 108 valence electrons. The summed E-state index contributed by atoms with van der Waals surface area (Å²) in [6.45, 7) is 4.39. The highest BCUT2D eigenvalue weighted by Gasteiger charge is 2.10. The summed E-state index contributed by atoms with van der Waals surface area (Å²) < 4.78 is 31.3. The van der Waals surface area contributed by atoms with Gasteiger partial charge in [0.1, 0.15) is 0 Å². The lowest BCUT2D eigenvalue weighted by Gasteiger charge is -2.09. The van der Waals surface area contributed by atoms with E-state index in [9.17, 15) is 8.42 Å². The van der Waals surface area contributed by atoms with Gasteiger partial charge < -0.3 is 9.84 Å². The van der Waals surface area contributed by atoms with Gasteiger partial charge in [-0.1, -0.05) is 24.3 Å². The molecule has 0 amide bonds. The van der Waals surface area contributed by atoms with Crippen LogP contribution in [0.2, 0.25) is 0 Å². The third-order valence-corrected chi connectivity index (χ3v) is 3.79. The topological polar surface area (TPSA) is 75.6 Å². The smallest absolute Gasteiger partial charge is 0.215 e. The molecule has 0 atom stereocenters. The number of ether oxygens (including phenoxy) is 1. The van der Waals surface area contributed by atoms with E-state index >= 15 is 0 Å². The van der Waals surface area contributed by atoms with E-state index in [0.29, 0.717) is 12.2 Å². The monoisotopic (exact) mass is 287 g/mol. The van der Waals surface area contributed by atoms with Gasteiger partial charge in [0.2, 0.25) is 10.0 Å². The lowest BCUT2D eigenvalue weighted by molar-refractivity contribution is 0.0834. The second kappa shape index (κ2) is 7.59. The number of aliphatic hydroxyl groups is 1. The molecule has 0 radical (unpaired) electrons. The van der Waals surface area contributed by atoms with Crippen molar-refractivity contribution >= 4 is 10.0 Å². The summed E-state index contributed by atoms with van der Waals surface area (Å²) in [6, 6.07) is 6.84. The van der Waals surface area contributed by atoms with E-state index < -0.39 is 10.0 Å². The number of hydrogen-bond donors (Lipinski definition) is 2. The van der Waals surface area contributed by atoms with Crippen LogP contribution in [0.1, 0.15) is 25.0 Å². The summed E-state index contributed by atoms with van der Waals surface area (Å²) >= 11 is 0. The highest BCUT2D eigenvalue weighted by atomic mass is 32.2. The van der Waals surface area contributed by atoms with Crippen LogP contribution >= 0.6 is 0 Å². The molecule has 0 spiro atoms. The van der Waals surface area contributed by atoms with E-state index in [2.05, 4.69) is 4.72 Å². The molecule has 6 heteroatoms. The largest absolute Gasteiger partial charge is 0.392 e. The molecule has 1 rings (SSSR count). The first-order valence-corrected chi connectivity index (χ1v) is 7.86. The predicted molar refractivity (Wildman–Crippen MR) is 74.1 cm³/mol. The molecule has 0 saturated heterocycles. The summed E-state index contributed by atoms with van der Waals surface area (Å²) in [5, 5.41) is 8.90. The molecule has 0 unspecified atom stereocenters. The zero-order valence-corrected chi connectivity index (χ0v) is 12.1. The van der Waals surface area contributed by atoms with Crippen molar-refractivity contribution < 1.29 is 18.3 Å². The summed E-state index contributed by atoms with van der Waals surface area (Å²) in [5.41, 5.74) is 1.45. The zero-order chi connectivity index (χ0) is 14.3. The fourth-order valence-corrected chi connectivity index (χ4v) is 2.63. The Morgan fingerprint density at radius 3 is 2.32 bits per heavy atom. The standard InChI is InChI=1S/C13H21NO4S/c1-11(2)18-8-7-14-19(16,17)10-13-5-3-12(9-15)4-6-13/h3-6,11,14-15H,7-10H2,1-2H3. The molecule has 0 aliphatic carbocycles. The van der Waals surface area contributed by atoms with Gasteiger partial charge >= 0.3 is 0 Å². The second-order valence-corrected chi connectivity index (χ2v) is 6.35.